The maximum atomic E-state index is 13.1. The summed E-state index contributed by atoms with van der Waals surface area (Å²) in [5.41, 5.74) is -0.457. The number of alkyl halides is 3. The molecular formula is C27H27F3N6O4. The normalized spacial score (nSPS) is 13.9. The molecule has 1 fully saturated rings. The summed E-state index contributed by atoms with van der Waals surface area (Å²) >= 11 is 0. The summed E-state index contributed by atoms with van der Waals surface area (Å²) in [4.78, 5) is 45.9. The van der Waals surface area contributed by atoms with Gasteiger partial charge in [-0.15, -0.1) is 0 Å². The van der Waals surface area contributed by atoms with E-state index in [4.69, 9.17) is 4.74 Å². The van der Waals surface area contributed by atoms with E-state index in [1.54, 1.807) is 18.0 Å². The van der Waals surface area contributed by atoms with Crippen LogP contribution >= 0.6 is 0 Å². The summed E-state index contributed by atoms with van der Waals surface area (Å²) in [5, 5.41) is 2.62. The molecule has 13 heteroatoms. The van der Waals surface area contributed by atoms with Gasteiger partial charge in [-0.05, 0) is 24.3 Å². The molecule has 2 amide bonds. The summed E-state index contributed by atoms with van der Waals surface area (Å²) in [5.74, 6) is 4.61. The Morgan fingerprint density at radius 3 is 2.55 bits per heavy atom. The van der Waals surface area contributed by atoms with Crippen molar-refractivity contribution in [2.75, 3.05) is 44.6 Å². The van der Waals surface area contributed by atoms with Gasteiger partial charge in [-0.2, -0.15) is 13.2 Å². The molecule has 10 nitrogen and oxygen atoms in total. The highest BCUT2D eigenvalue weighted by Crippen LogP contribution is 2.33. The van der Waals surface area contributed by atoms with E-state index in [1.807, 2.05) is 0 Å². The van der Waals surface area contributed by atoms with Gasteiger partial charge in [0.1, 0.15) is 23.9 Å². The fourth-order valence-electron chi connectivity index (χ4n) is 3.99. The Hall–Kier alpha value is -4.57. The Labute approximate surface area is 227 Å². The molecule has 0 atom stereocenters. The van der Waals surface area contributed by atoms with Crippen molar-refractivity contribution in [3.8, 4) is 29.0 Å². The molecule has 0 spiro atoms. The smallest absolute Gasteiger partial charge is 0.432 e. The van der Waals surface area contributed by atoms with Crippen molar-refractivity contribution in [2.45, 2.75) is 13.1 Å². The number of pyridine rings is 1. The topological polar surface area (TPSA) is 113 Å². The average Bonchev–Trinajstić information content (AvgIpc) is 3.42. The SMILES string of the molecule is CC(=O)N1CCN(CCOc2ccc(-c3ncc(C(F)(F)F)[nH]3)cc2NC(=O)C#Cc2ccn(C)c(=O)c2)CC1. The van der Waals surface area contributed by atoms with Crippen LogP contribution in [-0.4, -0.2) is 75.5 Å². The number of ether oxygens (including phenoxy) is 1. The third kappa shape index (κ3) is 7.29. The van der Waals surface area contributed by atoms with Crippen LogP contribution in [0.2, 0.25) is 0 Å². The van der Waals surface area contributed by atoms with E-state index >= 15 is 0 Å². The molecule has 2 N–H and O–H groups in total. The number of nitrogens with one attached hydrogen (secondary N) is 2. The molecule has 1 aliphatic rings. The van der Waals surface area contributed by atoms with Gasteiger partial charge in [0.05, 0.1) is 11.9 Å². The third-order valence-electron chi connectivity index (χ3n) is 6.29. The number of aryl methyl sites for hydroxylation is 1. The fourth-order valence-corrected chi connectivity index (χ4v) is 3.99. The Kier molecular flexibility index (Phi) is 8.59. The first-order valence-electron chi connectivity index (χ1n) is 12.4. The van der Waals surface area contributed by atoms with Crippen LogP contribution in [0.4, 0.5) is 18.9 Å². The second-order valence-corrected chi connectivity index (χ2v) is 9.12. The quantitative estimate of drug-likeness (QED) is 0.451. The Bertz CT molecular complexity index is 1510. The molecule has 1 aliphatic heterocycles. The van der Waals surface area contributed by atoms with E-state index in [0.717, 1.165) is 0 Å². The fraction of sp³-hybridized carbons (Fsp3) is 0.333. The predicted octanol–water partition coefficient (Wildman–Crippen LogP) is 2.33. The van der Waals surface area contributed by atoms with Crippen LogP contribution < -0.4 is 15.6 Å². The minimum atomic E-state index is -4.59. The van der Waals surface area contributed by atoms with Gasteiger partial charge in [-0.25, -0.2) is 4.98 Å². The van der Waals surface area contributed by atoms with Gasteiger partial charge in [-0.1, -0.05) is 5.92 Å². The standard InChI is InChI=1S/C27H27F3N6O4/c1-18(37)36-11-9-35(10-12-36)13-14-40-22-5-4-20(26-31-17-23(33-26)27(28,29)30)16-21(22)32-24(38)6-3-19-7-8-34(2)25(39)15-19/h4-5,7-8,15-17H,9-14H2,1-2H3,(H,31,33)(H,32,38). The summed E-state index contributed by atoms with van der Waals surface area (Å²) in [6.45, 7) is 5.02. The van der Waals surface area contributed by atoms with Crippen LogP contribution in [0.1, 0.15) is 18.2 Å². The molecule has 0 unspecified atom stereocenters. The molecule has 40 heavy (non-hydrogen) atoms. The molecule has 0 saturated carbocycles. The lowest BCUT2D eigenvalue weighted by molar-refractivity contribution is -0.140. The van der Waals surface area contributed by atoms with Gasteiger partial charge in [-0.3, -0.25) is 19.3 Å². The highest BCUT2D eigenvalue weighted by atomic mass is 19.4. The molecule has 1 saturated heterocycles. The lowest BCUT2D eigenvalue weighted by Gasteiger charge is -2.34. The molecule has 0 bridgehead atoms. The number of amides is 2. The number of benzene rings is 1. The molecular weight excluding hydrogens is 529 g/mol. The average molecular weight is 557 g/mol. The van der Waals surface area contributed by atoms with Gasteiger partial charge in [0.2, 0.25) is 5.91 Å². The number of carbonyl (C=O) groups is 2. The predicted molar refractivity (Wildman–Crippen MR) is 140 cm³/mol. The summed E-state index contributed by atoms with van der Waals surface area (Å²) < 4.78 is 46.4. The number of carbonyl (C=O) groups excluding carboxylic acids is 2. The van der Waals surface area contributed by atoms with Gasteiger partial charge >= 0.3 is 12.1 Å². The summed E-state index contributed by atoms with van der Waals surface area (Å²) in [6.07, 6.45) is -2.37. The van der Waals surface area contributed by atoms with Gasteiger partial charge in [0.25, 0.3) is 5.56 Å². The van der Waals surface area contributed by atoms with E-state index in [-0.39, 0.29) is 40.9 Å². The zero-order chi connectivity index (χ0) is 28.9. The molecule has 210 valence electrons. The van der Waals surface area contributed by atoms with Gasteiger partial charge in [0.15, 0.2) is 0 Å². The van der Waals surface area contributed by atoms with E-state index in [2.05, 4.69) is 32.0 Å². The van der Waals surface area contributed by atoms with E-state index in [1.165, 1.54) is 42.0 Å². The lowest BCUT2D eigenvalue weighted by Crippen LogP contribution is -2.48. The van der Waals surface area contributed by atoms with Crippen LogP contribution in [0.25, 0.3) is 11.4 Å². The van der Waals surface area contributed by atoms with Crippen molar-refractivity contribution in [3.05, 3.63) is 64.3 Å². The molecule has 0 aliphatic carbocycles. The summed E-state index contributed by atoms with van der Waals surface area (Å²) in [7, 11) is 1.59. The number of hydrogen-bond acceptors (Lipinski definition) is 6. The first-order chi connectivity index (χ1) is 19.0. The first kappa shape index (κ1) is 28.4. The number of anilines is 1. The van der Waals surface area contributed by atoms with E-state index < -0.39 is 17.8 Å². The minimum absolute atomic E-state index is 0.0353. The van der Waals surface area contributed by atoms with Gasteiger partial charge < -0.3 is 24.5 Å². The number of piperazine rings is 1. The number of H-pyrrole nitrogens is 1. The van der Waals surface area contributed by atoms with Crippen molar-refractivity contribution >= 4 is 17.5 Å². The van der Waals surface area contributed by atoms with Crippen LogP contribution in [0, 0.1) is 11.8 Å². The highest BCUT2D eigenvalue weighted by molar-refractivity contribution is 6.05. The second kappa shape index (κ2) is 12.1. The number of aromatic nitrogens is 3. The van der Waals surface area contributed by atoms with Crippen LogP contribution in [0.3, 0.4) is 0 Å². The Morgan fingerprint density at radius 1 is 1.15 bits per heavy atom. The van der Waals surface area contributed by atoms with Crippen molar-refractivity contribution in [1.29, 1.82) is 0 Å². The zero-order valence-electron chi connectivity index (χ0n) is 21.8. The number of rotatable bonds is 6. The van der Waals surface area contributed by atoms with Gasteiger partial charge in [0, 0.05) is 76.0 Å². The third-order valence-corrected chi connectivity index (χ3v) is 6.29. The monoisotopic (exact) mass is 556 g/mol. The minimum Gasteiger partial charge on any atom is -0.490 e. The molecule has 2 aromatic heterocycles. The molecule has 4 rings (SSSR count). The van der Waals surface area contributed by atoms with E-state index in [9.17, 15) is 27.6 Å². The van der Waals surface area contributed by atoms with Crippen molar-refractivity contribution in [3.63, 3.8) is 0 Å². The number of aromatic amines is 1. The maximum Gasteiger partial charge on any atom is 0.432 e. The van der Waals surface area contributed by atoms with Crippen molar-refractivity contribution < 1.29 is 27.5 Å². The largest absolute Gasteiger partial charge is 0.490 e. The molecule has 3 aromatic rings. The zero-order valence-corrected chi connectivity index (χ0v) is 21.8. The van der Waals surface area contributed by atoms with Crippen molar-refractivity contribution in [1.82, 2.24) is 24.3 Å². The van der Waals surface area contributed by atoms with Crippen LogP contribution in [0.15, 0.2) is 47.5 Å². The van der Waals surface area contributed by atoms with Crippen LogP contribution in [-0.2, 0) is 22.8 Å². The number of halogens is 3. The Balaban J connectivity index is 1.50. The van der Waals surface area contributed by atoms with Crippen LogP contribution in [0.5, 0.6) is 5.75 Å². The Morgan fingerprint density at radius 2 is 1.90 bits per heavy atom. The maximum absolute atomic E-state index is 13.1. The lowest BCUT2D eigenvalue weighted by atomic mass is 10.1. The highest BCUT2D eigenvalue weighted by Gasteiger charge is 2.33. The molecule has 1 aromatic carbocycles. The number of imidazole rings is 1. The van der Waals surface area contributed by atoms with E-state index in [0.29, 0.717) is 44.5 Å². The summed E-state index contributed by atoms with van der Waals surface area (Å²) in [6, 6.07) is 7.38. The second-order valence-electron chi connectivity index (χ2n) is 9.12. The van der Waals surface area contributed by atoms with Crippen molar-refractivity contribution in [2.24, 2.45) is 7.05 Å². The number of nitrogens with zero attached hydrogens (tertiary/aromatic N) is 4. The molecule has 0 radical (unpaired) electrons. The number of hydrogen-bond donors (Lipinski definition) is 2. The first-order valence-corrected chi connectivity index (χ1v) is 12.4. The molecule has 3 heterocycles.